The highest BCUT2D eigenvalue weighted by Gasteiger charge is 2.22. The second kappa shape index (κ2) is 7.83. The largest absolute Gasteiger partial charge is 0.403 e. The monoisotopic (exact) mass is 374 g/mol. The number of terminal acetylenes is 1. The first-order valence-corrected chi connectivity index (χ1v) is 9.50. The number of benzene rings is 1. The molecule has 6 heteroatoms. The number of aryl methyl sites for hydroxylation is 1. The number of fused-ring (bicyclic) bond motifs is 1. The molecule has 0 atom stereocenters. The van der Waals surface area contributed by atoms with Gasteiger partial charge in [0.15, 0.2) is 0 Å². The molecule has 1 aromatic carbocycles. The molecule has 1 aliphatic rings. The molecule has 0 unspecified atom stereocenters. The van der Waals surface area contributed by atoms with Gasteiger partial charge in [-0.05, 0) is 30.2 Å². The maximum Gasteiger partial charge on any atom is 0.347 e. The fraction of sp³-hybridized carbons (Fsp3) is 0.318. The van der Waals surface area contributed by atoms with E-state index in [-0.39, 0.29) is 5.63 Å². The summed E-state index contributed by atoms with van der Waals surface area (Å²) in [4.78, 5) is 26.3. The number of pyridine rings is 1. The van der Waals surface area contributed by atoms with Crippen LogP contribution in [0.3, 0.4) is 0 Å². The minimum Gasteiger partial charge on any atom is -0.403 e. The summed E-state index contributed by atoms with van der Waals surface area (Å²) in [6, 6.07) is 9.44. The van der Waals surface area contributed by atoms with Gasteiger partial charge in [0.1, 0.15) is 5.82 Å². The SMILES string of the molecule is C#CCN1CCN(c2ncccc2-c2nc3cccc(CC)c3c(=O)o2)CC1. The van der Waals surface area contributed by atoms with Crippen LogP contribution in [-0.4, -0.2) is 47.6 Å². The summed E-state index contributed by atoms with van der Waals surface area (Å²) in [5.41, 5.74) is 1.97. The summed E-state index contributed by atoms with van der Waals surface area (Å²) in [7, 11) is 0. The topological polar surface area (TPSA) is 62.5 Å². The molecule has 1 fully saturated rings. The molecule has 3 aromatic rings. The standard InChI is InChI=1S/C22H22N4O2/c1-3-11-25-12-14-26(15-13-25)20-17(8-6-10-23-20)21-24-18-9-5-7-16(4-2)19(18)22(27)28-21/h1,5-10H,4,11-15H2,2H3. The number of aromatic nitrogens is 2. The molecule has 6 nitrogen and oxygen atoms in total. The molecule has 4 rings (SSSR count). The van der Waals surface area contributed by atoms with Gasteiger partial charge in [-0.25, -0.2) is 14.8 Å². The van der Waals surface area contributed by atoms with E-state index in [2.05, 4.69) is 25.7 Å². The van der Waals surface area contributed by atoms with Crippen LogP contribution in [0, 0.1) is 12.3 Å². The predicted octanol–water partition coefficient (Wildman–Crippen LogP) is 2.57. The normalized spacial score (nSPS) is 14.9. The average molecular weight is 374 g/mol. The number of piperazine rings is 1. The summed E-state index contributed by atoms with van der Waals surface area (Å²) in [6.07, 6.45) is 7.92. The Morgan fingerprint density at radius 3 is 2.75 bits per heavy atom. The van der Waals surface area contributed by atoms with Crippen LogP contribution in [0.4, 0.5) is 5.82 Å². The summed E-state index contributed by atoms with van der Waals surface area (Å²) in [6.45, 7) is 6.03. The van der Waals surface area contributed by atoms with Crippen LogP contribution in [0.25, 0.3) is 22.4 Å². The van der Waals surface area contributed by atoms with Crippen LogP contribution in [-0.2, 0) is 6.42 Å². The molecular weight excluding hydrogens is 352 g/mol. The van der Waals surface area contributed by atoms with E-state index >= 15 is 0 Å². The van der Waals surface area contributed by atoms with Crippen LogP contribution >= 0.6 is 0 Å². The van der Waals surface area contributed by atoms with Crippen LogP contribution in [0.2, 0.25) is 0 Å². The number of hydrogen-bond acceptors (Lipinski definition) is 6. The molecule has 0 radical (unpaired) electrons. The van der Waals surface area contributed by atoms with Crippen molar-refractivity contribution in [2.45, 2.75) is 13.3 Å². The summed E-state index contributed by atoms with van der Waals surface area (Å²) < 4.78 is 5.64. The quantitative estimate of drug-likeness (QED) is 0.654. The molecule has 3 heterocycles. The van der Waals surface area contributed by atoms with Crippen molar-refractivity contribution in [2.24, 2.45) is 0 Å². The van der Waals surface area contributed by atoms with Crippen molar-refractivity contribution in [3.05, 3.63) is 52.5 Å². The van der Waals surface area contributed by atoms with E-state index < -0.39 is 0 Å². The van der Waals surface area contributed by atoms with E-state index in [0.29, 0.717) is 23.3 Å². The Balaban J connectivity index is 1.73. The molecule has 2 aromatic heterocycles. The fourth-order valence-electron chi connectivity index (χ4n) is 3.66. The third kappa shape index (κ3) is 3.37. The van der Waals surface area contributed by atoms with Crippen molar-refractivity contribution >= 4 is 16.7 Å². The van der Waals surface area contributed by atoms with Gasteiger partial charge in [-0.1, -0.05) is 25.0 Å². The Hall–Kier alpha value is -3.17. The lowest BCUT2D eigenvalue weighted by molar-refractivity contribution is 0.287. The van der Waals surface area contributed by atoms with Gasteiger partial charge in [0.25, 0.3) is 0 Å². The molecule has 1 saturated heterocycles. The highest BCUT2D eigenvalue weighted by molar-refractivity contribution is 5.83. The predicted molar refractivity (Wildman–Crippen MR) is 110 cm³/mol. The number of rotatable bonds is 4. The molecule has 0 amide bonds. The third-order valence-electron chi connectivity index (χ3n) is 5.13. The molecule has 0 aliphatic carbocycles. The lowest BCUT2D eigenvalue weighted by atomic mass is 10.1. The molecule has 142 valence electrons. The second-order valence-corrected chi connectivity index (χ2v) is 6.81. The van der Waals surface area contributed by atoms with Gasteiger partial charge in [-0.3, -0.25) is 4.90 Å². The Morgan fingerprint density at radius 2 is 2.00 bits per heavy atom. The minimum absolute atomic E-state index is 0.305. The zero-order chi connectivity index (χ0) is 19.5. The zero-order valence-electron chi connectivity index (χ0n) is 15.9. The van der Waals surface area contributed by atoms with Crippen molar-refractivity contribution in [1.82, 2.24) is 14.9 Å². The van der Waals surface area contributed by atoms with Gasteiger partial charge in [0.2, 0.25) is 5.89 Å². The molecule has 1 aliphatic heterocycles. The molecular formula is C22H22N4O2. The van der Waals surface area contributed by atoms with E-state index in [0.717, 1.165) is 49.5 Å². The highest BCUT2D eigenvalue weighted by atomic mass is 16.4. The van der Waals surface area contributed by atoms with Gasteiger partial charge in [-0.2, -0.15) is 0 Å². The lowest BCUT2D eigenvalue weighted by Gasteiger charge is -2.35. The highest BCUT2D eigenvalue weighted by Crippen LogP contribution is 2.29. The first kappa shape index (κ1) is 18.2. The summed E-state index contributed by atoms with van der Waals surface area (Å²) in [5.74, 6) is 3.78. The van der Waals surface area contributed by atoms with Crippen molar-refractivity contribution < 1.29 is 4.42 Å². The van der Waals surface area contributed by atoms with E-state index in [1.807, 2.05) is 37.3 Å². The van der Waals surface area contributed by atoms with E-state index in [1.54, 1.807) is 6.20 Å². The Kier molecular flexibility index (Phi) is 5.09. The van der Waals surface area contributed by atoms with E-state index in [4.69, 9.17) is 10.8 Å². The maximum absolute atomic E-state index is 12.7. The van der Waals surface area contributed by atoms with Crippen LogP contribution < -0.4 is 10.5 Å². The smallest absolute Gasteiger partial charge is 0.347 e. The van der Waals surface area contributed by atoms with Gasteiger partial charge in [0.05, 0.1) is 23.0 Å². The van der Waals surface area contributed by atoms with Gasteiger partial charge >= 0.3 is 5.63 Å². The number of nitrogens with zero attached hydrogens (tertiary/aromatic N) is 4. The van der Waals surface area contributed by atoms with Gasteiger partial charge in [0, 0.05) is 32.4 Å². The van der Waals surface area contributed by atoms with Crippen molar-refractivity contribution in [3.8, 4) is 23.8 Å². The minimum atomic E-state index is -0.355. The van der Waals surface area contributed by atoms with Gasteiger partial charge < -0.3 is 9.32 Å². The van der Waals surface area contributed by atoms with E-state index in [9.17, 15) is 4.79 Å². The first-order chi connectivity index (χ1) is 13.7. The summed E-state index contributed by atoms with van der Waals surface area (Å²) >= 11 is 0. The van der Waals surface area contributed by atoms with Crippen LogP contribution in [0.15, 0.2) is 45.7 Å². The molecule has 28 heavy (non-hydrogen) atoms. The van der Waals surface area contributed by atoms with Crippen LogP contribution in [0.5, 0.6) is 0 Å². The Bertz CT molecular complexity index is 1090. The number of anilines is 1. The van der Waals surface area contributed by atoms with Crippen molar-refractivity contribution in [2.75, 3.05) is 37.6 Å². The van der Waals surface area contributed by atoms with Crippen LogP contribution in [0.1, 0.15) is 12.5 Å². The summed E-state index contributed by atoms with van der Waals surface area (Å²) in [5, 5.41) is 0.557. The number of hydrogen-bond donors (Lipinski definition) is 0. The third-order valence-corrected chi connectivity index (χ3v) is 5.13. The fourth-order valence-corrected chi connectivity index (χ4v) is 3.66. The zero-order valence-corrected chi connectivity index (χ0v) is 15.9. The molecule has 0 saturated carbocycles. The second-order valence-electron chi connectivity index (χ2n) is 6.81. The Morgan fingerprint density at radius 1 is 1.18 bits per heavy atom. The van der Waals surface area contributed by atoms with Gasteiger partial charge in [-0.15, -0.1) is 6.42 Å². The molecule has 0 spiro atoms. The Labute approximate surface area is 163 Å². The maximum atomic E-state index is 12.7. The molecule has 0 N–H and O–H groups in total. The average Bonchev–Trinajstić information content (AvgIpc) is 2.74. The van der Waals surface area contributed by atoms with E-state index in [1.165, 1.54) is 0 Å². The van der Waals surface area contributed by atoms with Crippen molar-refractivity contribution in [1.29, 1.82) is 0 Å². The van der Waals surface area contributed by atoms with Crippen molar-refractivity contribution in [3.63, 3.8) is 0 Å². The first-order valence-electron chi connectivity index (χ1n) is 9.50. The molecule has 0 bridgehead atoms. The lowest BCUT2D eigenvalue weighted by Crippen LogP contribution is -2.46.